The van der Waals surface area contributed by atoms with Crippen LogP contribution in [-0.4, -0.2) is 23.2 Å². The average molecular weight is 303 g/mol. The molecular weight excluding hydrogens is 292 g/mol. The van der Waals surface area contributed by atoms with Gasteiger partial charge in [0.05, 0.1) is 17.1 Å². The minimum Gasteiger partial charge on any atom is -0.326 e. The second kappa shape index (κ2) is 5.16. The first-order valence-corrected chi connectivity index (χ1v) is 7.11. The van der Waals surface area contributed by atoms with Gasteiger partial charge in [0.2, 0.25) is 10.0 Å². The van der Waals surface area contributed by atoms with Crippen molar-refractivity contribution in [3.63, 3.8) is 0 Å². The quantitative estimate of drug-likeness (QED) is 0.845. The Hall–Kier alpha value is -1.64. The summed E-state index contributed by atoms with van der Waals surface area (Å²) in [6.45, 7) is 0.0555. The van der Waals surface area contributed by atoms with Crippen molar-refractivity contribution in [1.82, 2.24) is 19.5 Å². The van der Waals surface area contributed by atoms with Gasteiger partial charge in [-0.15, -0.1) is 0 Å². The van der Waals surface area contributed by atoms with Gasteiger partial charge in [0.15, 0.2) is 0 Å². The van der Waals surface area contributed by atoms with Crippen molar-refractivity contribution < 1.29 is 8.42 Å². The lowest BCUT2D eigenvalue weighted by atomic mass is 10.4. The third-order valence-corrected chi connectivity index (χ3v) is 4.02. The maximum atomic E-state index is 11.9. The number of hydrogen-bond donors (Lipinski definition) is 2. The molecule has 0 saturated heterocycles. The highest BCUT2D eigenvalue weighted by atomic mass is 35.5. The summed E-state index contributed by atoms with van der Waals surface area (Å²) in [6.07, 6.45) is 2.80. The second-order valence-electron chi connectivity index (χ2n) is 3.82. The normalized spacial score (nSPS) is 11.7. The highest BCUT2D eigenvalue weighted by Crippen LogP contribution is 2.10. The van der Waals surface area contributed by atoms with Crippen molar-refractivity contribution in [1.29, 1.82) is 0 Å². The van der Waals surface area contributed by atoms with Crippen molar-refractivity contribution in [2.45, 2.75) is 11.4 Å². The first kappa shape index (κ1) is 13.8. The van der Waals surface area contributed by atoms with E-state index in [0.29, 0.717) is 5.69 Å². The Labute approximate surface area is 114 Å². The first-order valence-electron chi connectivity index (χ1n) is 5.25. The van der Waals surface area contributed by atoms with Gasteiger partial charge >= 0.3 is 0 Å². The van der Waals surface area contributed by atoms with E-state index in [2.05, 4.69) is 14.8 Å². The molecule has 0 spiro atoms. The van der Waals surface area contributed by atoms with Crippen molar-refractivity contribution in [2.75, 3.05) is 0 Å². The number of sulfonamides is 1. The summed E-state index contributed by atoms with van der Waals surface area (Å²) in [5.74, 6) is 0. The number of nitrogens with zero attached hydrogens (tertiary/aromatic N) is 2. The first-order chi connectivity index (χ1) is 8.88. The molecule has 0 unspecified atom stereocenters. The molecule has 2 heterocycles. The van der Waals surface area contributed by atoms with Crippen LogP contribution in [0.2, 0.25) is 5.02 Å². The maximum absolute atomic E-state index is 11.9. The van der Waals surface area contributed by atoms with E-state index in [-0.39, 0.29) is 16.5 Å². The van der Waals surface area contributed by atoms with E-state index in [0.717, 1.165) is 12.3 Å². The van der Waals surface area contributed by atoms with Gasteiger partial charge in [-0.2, -0.15) is 5.10 Å². The fourth-order valence-corrected chi connectivity index (χ4v) is 2.63. The second-order valence-corrected chi connectivity index (χ2v) is 5.99. The monoisotopic (exact) mass is 302 g/mol. The molecule has 7 nitrogen and oxygen atoms in total. The zero-order valence-electron chi connectivity index (χ0n) is 9.92. The molecule has 0 aliphatic heterocycles. The number of hydrogen-bond acceptors (Lipinski definition) is 4. The summed E-state index contributed by atoms with van der Waals surface area (Å²) in [4.78, 5) is 13.2. The summed E-state index contributed by atoms with van der Waals surface area (Å²) < 4.78 is 27.8. The lowest BCUT2D eigenvalue weighted by molar-refractivity contribution is 0.579. The maximum Gasteiger partial charge on any atom is 0.266 e. The zero-order valence-corrected chi connectivity index (χ0v) is 11.5. The number of aryl methyl sites for hydroxylation is 1. The van der Waals surface area contributed by atoms with Gasteiger partial charge in [-0.05, 0) is 12.1 Å². The molecule has 0 aliphatic rings. The Balaban J connectivity index is 2.18. The summed E-state index contributed by atoms with van der Waals surface area (Å²) in [5, 5.41) is 3.87. The molecule has 0 aromatic carbocycles. The molecule has 2 aromatic rings. The number of rotatable bonds is 4. The Kier molecular flexibility index (Phi) is 3.74. The molecule has 0 atom stereocenters. The van der Waals surface area contributed by atoms with Gasteiger partial charge in [-0.25, -0.2) is 13.1 Å². The van der Waals surface area contributed by atoms with E-state index in [4.69, 9.17) is 11.6 Å². The van der Waals surface area contributed by atoms with Crippen LogP contribution in [0.5, 0.6) is 0 Å². The standard InChI is InChI=1S/C10H11ClN4O3S/c1-15-3-2-7(14-15)5-13-19(17,18)8-4-9(11)10(16)12-6-8/h2-4,6,13H,5H2,1H3,(H,12,16). The van der Waals surface area contributed by atoms with Gasteiger partial charge in [0.1, 0.15) is 5.02 Å². The van der Waals surface area contributed by atoms with Gasteiger partial charge in [-0.3, -0.25) is 9.48 Å². The number of pyridine rings is 1. The van der Waals surface area contributed by atoms with E-state index < -0.39 is 15.6 Å². The Morgan fingerprint density at radius 2 is 2.26 bits per heavy atom. The molecule has 102 valence electrons. The molecular formula is C10H11ClN4O3S. The zero-order chi connectivity index (χ0) is 14.0. The lowest BCUT2D eigenvalue weighted by Gasteiger charge is -2.05. The van der Waals surface area contributed by atoms with E-state index >= 15 is 0 Å². The number of halogens is 1. The highest BCUT2D eigenvalue weighted by Gasteiger charge is 2.15. The van der Waals surface area contributed by atoms with Crippen LogP contribution in [0, 0.1) is 0 Å². The summed E-state index contributed by atoms with van der Waals surface area (Å²) in [6, 6.07) is 2.80. The smallest absolute Gasteiger partial charge is 0.266 e. The van der Waals surface area contributed by atoms with Gasteiger partial charge in [0.25, 0.3) is 5.56 Å². The average Bonchev–Trinajstić information content (AvgIpc) is 2.76. The fourth-order valence-electron chi connectivity index (χ4n) is 1.40. The lowest BCUT2D eigenvalue weighted by Crippen LogP contribution is -2.24. The molecule has 0 bridgehead atoms. The molecule has 0 fully saturated rings. The summed E-state index contributed by atoms with van der Waals surface area (Å²) >= 11 is 5.59. The molecule has 9 heteroatoms. The third-order valence-electron chi connectivity index (χ3n) is 2.35. The fraction of sp³-hybridized carbons (Fsp3) is 0.200. The molecule has 0 aliphatic carbocycles. The number of aromatic nitrogens is 3. The topological polar surface area (TPSA) is 96.9 Å². The Bertz CT molecular complexity index is 750. The molecule has 0 saturated carbocycles. The number of aromatic amines is 1. The van der Waals surface area contributed by atoms with Crippen LogP contribution < -0.4 is 10.3 Å². The van der Waals surface area contributed by atoms with E-state index in [1.54, 1.807) is 24.0 Å². The van der Waals surface area contributed by atoms with Crippen LogP contribution in [0.4, 0.5) is 0 Å². The van der Waals surface area contributed by atoms with Crippen LogP contribution in [0.25, 0.3) is 0 Å². The molecule has 19 heavy (non-hydrogen) atoms. The number of nitrogens with one attached hydrogen (secondary N) is 2. The Morgan fingerprint density at radius 1 is 1.53 bits per heavy atom. The molecule has 0 amide bonds. The van der Waals surface area contributed by atoms with Crippen LogP contribution in [-0.2, 0) is 23.6 Å². The molecule has 2 rings (SSSR count). The van der Waals surface area contributed by atoms with Crippen molar-refractivity contribution in [2.24, 2.45) is 7.05 Å². The van der Waals surface area contributed by atoms with Crippen LogP contribution in [0.1, 0.15) is 5.69 Å². The molecule has 2 aromatic heterocycles. The third kappa shape index (κ3) is 3.22. The highest BCUT2D eigenvalue weighted by molar-refractivity contribution is 7.89. The SMILES string of the molecule is Cn1ccc(CNS(=O)(=O)c2c[nH]c(=O)c(Cl)c2)n1. The van der Waals surface area contributed by atoms with Crippen LogP contribution >= 0.6 is 11.6 Å². The van der Waals surface area contributed by atoms with Crippen molar-refractivity contribution in [3.8, 4) is 0 Å². The van der Waals surface area contributed by atoms with E-state index in [1.807, 2.05) is 0 Å². The van der Waals surface area contributed by atoms with Gasteiger partial charge in [0, 0.05) is 19.4 Å². The predicted molar refractivity (Wildman–Crippen MR) is 69.3 cm³/mol. The minimum absolute atomic E-state index is 0.0555. The van der Waals surface area contributed by atoms with Crippen LogP contribution in [0.15, 0.2) is 34.2 Å². The van der Waals surface area contributed by atoms with Crippen molar-refractivity contribution >= 4 is 21.6 Å². The van der Waals surface area contributed by atoms with Crippen molar-refractivity contribution in [3.05, 3.63) is 45.6 Å². The Morgan fingerprint density at radius 3 is 2.84 bits per heavy atom. The number of H-pyrrole nitrogens is 1. The van der Waals surface area contributed by atoms with E-state index in [9.17, 15) is 13.2 Å². The summed E-state index contributed by atoms with van der Waals surface area (Å²) in [5.41, 5.74) is 0.0481. The largest absolute Gasteiger partial charge is 0.326 e. The summed E-state index contributed by atoms with van der Waals surface area (Å²) in [7, 11) is -2.01. The van der Waals surface area contributed by atoms with Gasteiger partial charge in [-0.1, -0.05) is 11.6 Å². The van der Waals surface area contributed by atoms with Crippen LogP contribution in [0.3, 0.4) is 0 Å². The van der Waals surface area contributed by atoms with Gasteiger partial charge < -0.3 is 4.98 Å². The molecule has 2 N–H and O–H groups in total. The predicted octanol–water partition coefficient (Wildman–Crippen LogP) is 0.240. The minimum atomic E-state index is -3.74. The molecule has 0 radical (unpaired) electrons. The van der Waals surface area contributed by atoms with E-state index in [1.165, 1.54) is 0 Å².